The standard InChI is InChI=1S/C17H11Cl2N3O5/c1-8-7-27-17(20-8)10-6-15(23)11(5-12(10)18)16(24)21-14-3-2-9(22(25)26)4-13(14)19/h2-7,23H,1H3,(H,21,24). The summed E-state index contributed by atoms with van der Waals surface area (Å²) in [7, 11) is 0. The van der Waals surface area contributed by atoms with Gasteiger partial charge in [0.1, 0.15) is 12.0 Å². The number of rotatable bonds is 4. The molecule has 3 rings (SSSR count). The molecule has 1 aromatic heterocycles. The lowest BCUT2D eigenvalue weighted by atomic mass is 10.1. The Balaban J connectivity index is 1.89. The van der Waals surface area contributed by atoms with Crippen molar-refractivity contribution in [2.45, 2.75) is 6.92 Å². The van der Waals surface area contributed by atoms with Crippen LogP contribution in [0.4, 0.5) is 11.4 Å². The zero-order chi connectivity index (χ0) is 19.7. The molecular weight excluding hydrogens is 397 g/mol. The SMILES string of the molecule is Cc1coc(-c2cc(O)c(C(=O)Nc3ccc([N+](=O)[O-])cc3Cl)cc2Cl)n1. The van der Waals surface area contributed by atoms with E-state index in [-0.39, 0.29) is 38.6 Å². The first-order chi connectivity index (χ1) is 12.8. The topological polar surface area (TPSA) is 119 Å². The molecule has 0 aliphatic rings. The summed E-state index contributed by atoms with van der Waals surface area (Å²) in [5, 5.41) is 23.5. The Kier molecular flexibility index (Phi) is 5.02. The number of anilines is 1. The molecule has 0 unspecified atom stereocenters. The molecule has 138 valence electrons. The third-order valence-corrected chi connectivity index (χ3v) is 4.22. The van der Waals surface area contributed by atoms with Gasteiger partial charge in [0, 0.05) is 12.1 Å². The van der Waals surface area contributed by atoms with Crippen LogP contribution in [-0.4, -0.2) is 20.9 Å². The number of nitrogens with zero attached hydrogens (tertiary/aromatic N) is 2. The molecule has 2 aromatic carbocycles. The fourth-order valence-corrected chi connectivity index (χ4v) is 2.76. The normalized spacial score (nSPS) is 10.6. The van der Waals surface area contributed by atoms with Crippen molar-refractivity contribution in [3.63, 3.8) is 0 Å². The van der Waals surface area contributed by atoms with Crippen molar-refractivity contribution in [2.75, 3.05) is 5.32 Å². The summed E-state index contributed by atoms with van der Waals surface area (Å²) >= 11 is 12.1. The van der Waals surface area contributed by atoms with Crippen molar-refractivity contribution in [2.24, 2.45) is 0 Å². The lowest BCUT2D eigenvalue weighted by Crippen LogP contribution is -2.12. The zero-order valence-electron chi connectivity index (χ0n) is 13.7. The Morgan fingerprint density at radius 3 is 2.59 bits per heavy atom. The fraction of sp³-hybridized carbons (Fsp3) is 0.0588. The number of hydrogen-bond donors (Lipinski definition) is 2. The minimum absolute atomic E-state index is 0.0185. The smallest absolute Gasteiger partial charge is 0.271 e. The molecule has 8 nitrogen and oxygen atoms in total. The van der Waals surface area contributed by atoms with E-state index in [1.807, 2.05) is 0 Å². The number of carbonyl (C=O) groups is 1. The van der Waals surface area contributed by atoms with Gasteiger partial charge in [0.2, 0.25) is 5.89 Å². The van der Waals surface area contributed by atoms with E-state index in [2.05, 4.69) is 10.3 Å². The van der Waals surface area contributed by atoms with Gasteiger partial charge in [-0.25, -0.2) is 4.98 Å². The van der Waals surface area contributed by atoms with E-state index in [9.17, 15) is 20.0 Å². The van der Waals surface area contributed by atoms with E-state index in [1.54, 1.807) is 6.92 Å². The quantitative estimate of drug-likeness (QED) is 0.472. The van der Waals surface area contributed by atoms with Crippen LogP contribution in [0, 0.1) is 17.0 Å². The number of phenolic OH excluding ortho intramolecular Hbond substituents is 1. The monoisotopic (exact) mass is 407 g/mol. The van der Waals surface area contributed by atoms with Crippen molar-refractivity contribution in [3.8, 4) is 17.2 Å². The molecule has 0 saturated heterocycles. The number of halogens is 2. The molecule has 1 amide bonds. The lowest BCUT2D eigenvalue weighted by Gasteiger charge is -2.10. The molecular formula is C17H11Cl2N3O5. The van der Waals surface area contributed by atoms with Crippen LogP contribution in [0.25, 0.3) is 11.5 Å². The number of carbonyl (C=O) groups excluding carboxylic acids is 1. The van der Waals surface area contributed by atoms with Gasteiger partial charge in [-0.2, -0.15) is 0 Å². The van der Waals surface area contributed by atoms with Crippen LogP contribution in [0.15, 0.2) is 41.0 Å². The number of oxazole rings is 1. The summed E-state index contributed by atoms with van der Waals surface area (Å²) in [6, 6.07) is 6.13. The lowest BCUT2D eigenvalue weighted by molar-refractivity contribution is -0.384. The maximum absolute atomic E-state index is 12.4. The first-order valence-electron chi connectivity index (χ1n) is 7.46. The number of hydrogen-bond acceptors (Lipinski definition) is 6. The van der Waals surface area contributed by atoms with E-state index < -0.39 is 10.8 Å². The Bertz CT molecular complexity index is 1060. The molecule has 10 heteroatoms. The third kappa shape index (κ3) is 3.86. The van der Waals surface area contributed by atoms with Crippen LogP contribution < -0.4 is 5.32 Å². The van der Waals surface area contributed by atoms with Crippen molar-refractivity contribution in [1.82, 2.24) is 4.98 Å². The highest BCUT2D eigenvalue weighted by Gasteiger charge is 2.19. The van der Waals surface area contributed by atoms with Crippen LogP contribution in [-0.2, 0) is 0 Å². The molecule has 1 heterocycles. The first-order valence-corrected chi connectivity index (χ1v) is 8.22. The van der Waals surface area contributed by atoms with Crippen LogP contribution >= 0.6 is 23.2 Å². The molecule has 0 fully saturated rings. The molecule has 0 radical (unpaired) electrons. The van der Waals surface area contributed by atoms with Gasteiger partial charge in [-0.15, -0.1) is 0 Å². The predicted molar refractivity (Wildman–Crippen MR) is 99.4 cm³/mol. The zero-order valence-corrected chi connectivity index (χ0v) is 15.2. The fourth-order valence-electron chi connectivity index (χ4n) is 2.29. The average Bonchev–Trinajstić information content (AvgIpc) is 3.04. The molecule has 0 atom stereocenters. The minimum atomic E-state index is -0.694. The molecule has 0 spiro atoms. The van der Waals surface area contributed by atoms with Crippen LogP contribution in [0.1, 0.15) is 16.1 Å². The Labute approximate surface area is 162 Å². The third-order valence-electron chi connectivity index (χ3n) is 3.59. The second-order valence-electron chi connectivity index (χ2n) is 5.52. The van der Waals surface area contributed by atoms with Crippen LogP contribution in [0.3, 0.4) is 0 Å². The number of nitrogens with one attached hydrogen (secondary N) is 1. The van der Waals surface area contributed by atoms with E-state index in [4.69, 9.17) is 27.6 Å². The largest absolute Gasteiger partial charge is 0.507 e. The molecule has 0 bridgehead atoms. The summed E-state index contributed by atoms with van der Waals surface area (Å²) < 4.78 is 5.25. The van der Waals surface area contributed by atoms with E-state index >= 15 is 0 Å². The Morgan fingerprint density at radius 1 is 1.26 bits per heavy atom. The summed E-state index contributed by atoms with van der Waals surface area (Å²) in [5.74, 6) is -0.834. The minimum Gasteiger partial charge on any atom is -0.507 e. The van der Waals surface area contributed by atoms with Gasteiger partial charge in [-0.05, 0) is 25.1 Å². The van der Waals surface area contributed by atoms with Gasteiger partial charge in [0.15, 0.2) is 0 Å². The van der Waals surface area contributed by atoms with E-state index in [0.717, 1.165) is 6.07 Å². The predicted octanol–water partition coefficient (Wildman–Crippen LogP) is 4.82. The van der Waals surface area contributed by atoms with Gasteiger partial charge < -0.3 is 14.8 Å². The van der Waals surface area contributed by atoms with Gasteiger partial charge in [-0.1, -0.05) is 23.2 Å². The summed E-state index contributed by atoms with van der Waals surface area (Å²) in [6.07, 6.45) is 1.43. The van der Waals surface area contributed by atoms with Gasteiger partial charge >= 0.3 is 0 Å². The molecule has 0 aliphatic carbocycles. The number of non-ortho nitro benzene ring substituents is 1. The second-order valence-corrected chi connectivity index (χ2v) is 6.33. The second kappa shape index (κ2) is 7.26. The maximum Gasteiger partial charge on any atom is 0.271 e. The summed E-state index contributed by atoms with van der Waals surface area (Å²) in [6.45, 7) is 1.73. The molecule has 0 saturated carbocycles. The molecule has 0 aliphatic heterocycles. The number of nitro benzene ring substituents is 1. The number of aryl methyl sites for hydroxylation is 1. The number of nitro groups is 1. The summed E-state index contributed by atoms with van der Waals surface area (Å²) in [4.78, 5) is 26.7. The average molecular weight is 408 g/mol. The van der Waals surface area contributed by atoms with Crippen molar-refractivity contribution >= 4 is 40.5 Å². The van der Waals surface area contributed by atoms with Crippen LogP contribution in [0.2, 0.25) is 10.0 Å². The van der Waals surface area contributed by atoms with Gasteiger partial charge in [0.25, 0.3) is 11.6 Å². The van der Waals surface area contributed by atoms with E-state index in [1.165, 1.54) is 30.5 Å². The number of aromatic nitrogens is 1. The Hall–Kier alpha value is -3.10. The number of phenols is 1. The van der Waals surface area contributed by atoms with Crippen LogP contribution in [0.5, 0.6) is 5.75 Å². The first kappa shape index (κ1) is 18.7. The molecule has 3 aromatic rings. The highest BCUT2D eigenvalue weighted by molar-refractivity contribution is 6.35. The highest BCUT2D eigenvalue weighted by Crippen LogP contribution is 2.34. The Morgan fingerprint density at radius 2 is 2.00 bits per heavy atom. The van der Waals surface area contributed by atoms with Crippen molar-refractivity contribution in [1.29, 1.82) is 0 Å². The number of amides is 1. The summed E-state index contributed by atoms with van der Waals surface area (Å²) in [5.41, 5.74) is 0.786. The highest BCUT2D eigenvalue weighted by atomic mass is 35.5. The molecule has 27 heavy (non-hydrogen) atoms. The maximum atomic E-state index is 12.4. The van der Waals surface area contributed by atoms with Crippen molar-refractivity contribution in [3.05, 3.63) is 68.0 Å². The van der Waals surface area contributed by atoms with Gasteiger partial charge in [-0.3, -0.25) is 14.9 Å². The van der Waals surface area contributed by atoms with Gasteiger partial charge in [0.05, 0.1) is 37.5 Å². The van der Waals surface area contributed by atoms with Crippen molar-refractivity contribution < 1.29 is 19.2 Å². The number of aromatic hydroxyl groups is 1. The molecule has 2 N–H and O–H groups in total. The number of benzene rings is 2. The van der Waals surface area contributed by atoms with E-state index in [0.29, 0.717) is 11.3 Å².